The van der Waals surface area contributed by atoms with E-state index in [1.54, 1.807) is 60.7 Å². The number of amides is 2. The zero-order valence-corrected chi connectivity index (χ0v) is 26.2. The third-order valence-corrected chi connectivity index (χ3v) is 8.99. The van der Waals surface area contributed by atoms with Crippen LogP contribution in [0, 0.1) is 6.92 Å². The Balaban J connectivity index is 2.03. The van der Waals surface area contributed by atoms with Crippen molar-refractivity contribution in [2.45, 2.75) is 64.4 Å². The van der Waals surface area contributed by atoms with E-state index < -0.39 is 28.5 Å². The van der Waals surface area contributed by atoms with E-state index in [0.29, 0.717) is 41.6 Å². The topological polar surface area (TPSA) is 96.0 Å². The van der Waals surface area contributed by atoms with Crippen molar-refractivity contribution in [1.82, 2.24) is 10.2 Å². The molecule has 42 heavy (non-hydrogen) atoms. The van der Waals surface area contributed by atoms with Gasteiger partial charge in [0.15, 0.2) is 0 Å². The molecule has 0 radical (unpaired) electrons. The molecule has 226 valence electrons. The van der Waals surface area contributed by atoms with Crippen molar-refractivity contribution in [2.24, 2.45) is 0 Å². The van der Waals surface area contributed by atoms with Crippen LogP contribution in [0.2, 0.25) is 5.02 Å². The third-order valence-electron chi connectivity index (χ3n) is 6.84. The minimum Gasteiger partial charge on any atom is -0.494 e. The van der Waals surface area contributed by atoms with Crippen LogP contribution in [0.1, 0.15) is 51.2 Å². The highest BCUT2D eigenvalue weighted by atomic mass is 35.5. The van der Waals surface area contributed by atoms with Gasteiger partial charge in [0.2, 0.25) is 11.8 Å². The molecule has 0 aliphatic rings. The van der Waals surface area contributed by atoms with Crippen LogP contribution in [0.15, 0.2) is 77.7 Å². The molecule has 0 heterocycles. The lowest BCUT2D eigenvalue weighted by Crippen LogP contribution is -2.52. The van der Waals surface area contributed by atoms with E-state index >= 15 is 0 Å². The van der Waals surface area contributed by atoms with Crippen LogP contribution in [0.25, 0.3) is 0 Å². The quantitative estimate of drug-likeness (QED) is 0.213. The lowest BCUT2D eigenvalue weighted by atomic mass is 10.1. The molecular formula is C32H40ClN3O5S. The van der Waals surface area contributed by atoms with Crippen LogP contribution >= 0.6 is 11.6 Å². The molecule has 0 aliphatic heterocycles. The number of carbonyl (C=O) groups is 2. The number of hydrogen-bond donors (Lipinski definition) is 1. The van der Waals surface area contributed by atoms with Gasteiger partial charge in [-0.15, -0.1) is 0 Å². The van der Waals surface area contributed by atoms with E-state index in [1.807, 2.05) is 27.7 Å². The molecule has 0 aliphatic carbocycles. The van der Waals surface area contributed by atoms with Gasteiger partial charge in [0, 0.05) is 18.1 Å². The van der Waals surface area contributed by atoms with Crippen molar-refractivity contribution < 1.29 is 22.7 Å². The Hall–Kier alpha value is -3.56. The first kappa shape index (κ1) is 32.9. The molecule has 1 atom stereocenters. The first-order valence-electron chi connectivity index (χ1n) is 14.2. The van der Waals surface area contributed by atoms with E-state index in [0.717, 1.165) is 22.7 Å². The highest BCUT2D eigenvalue weighted by Gasteiger charge is 2.34. The molecule has 8 nitrogen and oxygen atoms in total. The Morgan fingerprint density at radius 1 is 0.952 bits per heavy atom. The number of aryl methyl sites for hydroxylation is 1. The van der Waals surface area contributed by atoms with Gasteiger partial charge in [-0.25, -0.2) is 8.42 Å². The average Bonchev–Trinajstić information content (AvgIpc) is 2.97. The van der Waals surface area contributed by atoms with E-state index in [-0.39, 0.29) is 17.3 Å². The molecule has 0 bridgehead atoms. The molecular weight excluding hydrogens is 574 g/mol. The summed E-state index contributed by atoms with van der Waals surface area (Å²) in [5.74, 6) is -0.273. The van der Waals surface area contributed by atoms with Gasteiger partial charge >= 0.3 is 0 Å². The highest BCUT2D eigenvalue weighted by Crippen LogP contribution is 2.27. The Morgan fingerprint density at radius 2 is 1.62 bits per heavy atom. The molecule has 3 aromatic carbocycles. The fraction of sp³-hybridized carbons (Fsp3) is 0.375. The van der Waals surface area contributed by atoms with Gasteiger partial charge < -0.3 is 15.0 Å². The smallest absolute Gasteiger partial charge is 0.264 e. The maximum absolute atomic E-state index is 14.1. The number of nitrogens with zero attached hydrogens (tertiary/aromatic N) is 2. The molecule has 10 heteroatoms. The van der Waals surface area contributed by atoms with Crippen LogP contribution in [0.5, 0.6) is 5.75 Å². The van der Waals surface area contributed by atoms with E-state index in [1.165, 1.54) is 17.0 Å². The van der Waals surface area contributed by atoms with Gasteiger partial charge in [0.05, 0.1) is 17.2 Å². The second-order valence-electron chi connectivity index (χ2n) is 9.93. The van der Waals surface area contributed by atoms with E-state index in [4.69, 9.17) is 16.3 Å². The molecule has 2 amide bonds. The van der Waals surface area contributed by atoms with E-state index in [2.05, 4.69) is 5.32 Å². The number of halogens is 1. The molecule has 1 N–H and O–H groups in total. The van der Waals surface area contributed by atoms with Crippen molar-refractivity contribution in [3.05, 3.63) is 88.9 Å². The van der Waals surface area contributed by atoms with Gasteiger partial charge in [0.25, 0.3) is 10.0 Å². The zero-order chi connectivity index (χ0) is 30.7. The molecule has 0 unspecified atom stereocenters. The number of unbranched alkanes of at least 4 members (excludes halogenated alkanes) is 1. The first-order chi connectivity index (χ1) is 20.1. The van der Waals surface area contributed by atoms with Gasteiger partial charge in [-0.3, -0.25) is 13.9 Å². The van der Waals surface area contributed by atoms with Crippen LogP contribution in [-0.2, 0) is 26.2 Å². The van der Waals surface area contributed by atoms with Crippen LogP contribution in [0.4, 0.5) is 5.69 Å². The van der Waals surface area contributed by atoms with Crippen LogP contribution in [-0.4, -0.2) is 50.9 Å². The summed E-state index contributed by atoms with van der Waals surface area (Å²) in [5.41, 5.74) is 1.93. The van der Waals surface area contributed by atoms with Crippen molar-refractivity contribution in [3.8, 4) is 5.75 Å². The Bertz CT molecular complexity index is 1430. The molecule has 0 spiro atoms. The Kier molecular flexibility index (Phi) is 12.2. The lowest BCUT2D eigenvalue weighted by Gasteiger charge is -2.33. The number of carbonyl (C=O) groups excluding carboxylic acids is 2. The minimum atomic E-state index is -4.17. The number of benzene rings is 3. The number of rotatable bonds is 15. The molecule has 3 rings (SSSR count). The maximum Gasteiger partial charge on any atom is 0.264 e. The number of ether oxygens (including phenoxy) is 1. The minimum absolute atomic E-state index is 0.0151. The number of nitrogens with one attached hydrogen (secondary N) is 1. The van der Waals surface area contributed by atoms with Crippen molar-refractivity contribution in [2.75, 3.05) is 24.0 Å². The van der Waals surface area contributed by atoms with E-state index in [9.17, 15) is 18.0 Å². The number of sulfonamides is 1. The zero-order valence-electron chi connectivity index (χ0n) is 24.7. The first-order valence-corrected chi connectivity index (χ1v) is 16.1. The van der Waals surface area contributed by atoms with Crippen molar-refractivity contribution in [3.63, 3.8) is 0 Å². The molecule has 3 aromatic rings. The summed E-state index contributed by atoms with van der Waals surface area (Å²) in [5, 5.41) is 3.38. The van der Waals surface area contributed by atoms with Crippen LogP contribution in [0.3, 0.4) is 0 Å². The van der Waals surface area contributed by atoms with Crippen molar-refractivity contribution in [1.29, 1.82) is 0 Å². The molecule has 0 saturated heterocycles. The average molecular weight is 614 g/mol. The predicted molar refractivity (Wildman–Crippen MR) is 167 cm³/mol. The summed E-state index contributed by atoms with van der Waals surface area (Å²) >= 11 is 6.45. The second kappa shape index (κ2) is 15.6. The molecule has 0 fully saturated rings. The Labute approximate surface area is 254 Å². The number of anilines is 1. The normalized spacial score (nSPS) is 11.9. The van der Waals surface area contributed by atoms with Gasteiger partial charge in [-0.1, -0.05) is 67.8 Å². The lowest BCUT2D eigenvalue weighted by molar-refractivity contribution is -0.140. The summed E-state index contributed by atoms with van der Waals surface area (Å²) in [6, 6.07) is 19.3. The molecule has 0 saturated carbocycles. The Morgan fingerprint density at radius 3 is 2.21 bits per heavy atom. The van der Waals surface area contributed by atoms with Crippen molar-refractivity contribution >= 4 is 39.1 Å². The van der Waals surface area contributed by atoms with Gasteiger partial charge in [-0.2, -0.15) is 0 Å². The highest BCUT2D eigenvalue weighted by molar-refractivity contribution is 7.92. The summed E-state index contributed by atoms with van der Waals surface area (Å²) in [4.78, 5) is 28.9. The summed E-state index contributed by atoms with van der Waals surface area (Å²) < 4.78 is 34.6. The summed E-state index contributed by atoms with van der Waals surface area (Å²) in [6.07, 6.45) is 2.06. The fourth-order valence-corrected chi connectivity index (χ4v) is 6.09. The third kappa shape index (κ3) is 8.49. The largest absolute Gasteiger partial charge is 0.494 e. The summed E-state index contributed by atoms with van der Waals surface area (Å²) in [7, 11) is -4.17. The number of hydrogen-bond acceptors (Lipinski definition) is 5. The second-order valence-corrected chi connectivity index (χ2v) is 12.2. The monoisotopic (exact) mass is 613 g/mol. The van der Waals surface area contributed by atoms with Gasteiger partial charge in [-0.05, 0) is 74.7 Å². The molecule has 0 aromatic heterocycles. The van der Waals surface area contributed by atoms with Gasteiger partial charge in [0.1, 0.15) is 18.3 Å². The SMILES string of the molecule is CCCCNC(=O)[C@@H](CC)N(Cc1ccccc1Cl)C(=O)CN(c1ccc(C)cc1)S(=O)(=O)c1ccc(OCC)cc1. The maximum atomic E-state index is 14.1. The predicted octanol–water partition coefficient (Wildman–Crippen LogP) is 5.97. The summed E-state index contributed by atoms with van der Waals surface area (Å²) in [6.45, 7) is 8.06. The fourth-order valence-electron chi connectivity index (χ4n) is 4.48. The van der Waals surface area contributed by atoms with Crippen LogP contribution < -0.4 is 14.4 Å². The standard InChI is InChI=1S/C32H40ClN3O5S/c1-5-8-21-34-32(38)30(6-2)35(22-25-11-9-10-12-29(25)33)31(37)23-36(26-15-13-24(4)14-16-26)42(39,40)28-19-17-27(18-20-28)41-7-3/h9-20,30H,5-8,21-23H2,1-4H3,(H,34,38)/t30-/m1/s1.